The lowest BCUT2D eigenvalue weighted by atomic mass is 10.0. The molecule has 51 heavy (non-hydrogen) atoms. The van der Waals surface area contributed by atoms with Crippen molar-refractivity contribution in [2.45, 2.75) is 64.1 Å². The Bertz CT molecular complexity index is 1330. The van der Waals surface area contributed by atoms with Crippen molar-refractivity contribution in [2.24, 2.45) is 0 Å². The lowest BCUT2D eigenvalue weighted by Gasteiger charge is -2.32. The highest BCUT2D eigenvalue weighted by Crippen LogP contribution is 2.32. The highest BCUT2D eigenvalue weighted by molar-refractivity contribution is 6.25. The minimum Gasteiger partial charge on any atom is -0.444 e. The van der Waals surface area contributed by atoms with Crippen LogP contribution in [0.2, 0.25) is 0 Å². The van der Waals surface area contributed by atoms with Crippen molar-refractivity contribution in [1.82, 2.24) is 20.4 Å². The van der Waals surface area contributed by atoms with Crippen molar-refractivity contribution >= 4 is 35.4 Å². The van der Waals surface area contributed by atoms with Gasteiger partial charge in [-0.3, -0.25) is 29.4 Å². The number of alkyl carbamates (subject to hydrolysis) is 1. The van der Waals surface area contributed by atoms with Gasteiger partial charge in [-0.05, 0) is 52.2 Å². The molecule has 5 amide bonds. The summed E-state index contributed by atoms with van der Waals surface area (Å²) >= 11 is 0. The number of carbonyl (C=O) groups excluding carboxylic acids is 5. The third-order valence-corrected chi connectivity index (χ3v) is 8.38. The molecule has 16 heteroatoms. The molecule has 16 nitrogen and oxygen atoms in total. The second kappa shape index (κ2) is 20.4. The van der Waals surface area contributed by atoms with Crippen molar-refractivity contribution in [1.29, 1.82) is 0 Å². The number of ether oxygens (including phenoxy) is 6. The van der Waals surface area contributed by atoms with Gasteiger partial charge in [-0.15, -0.1) is 0 Å². The first-order valence-corrected chi connectivity index (χ1v) is 17.7. The molecule has 1 atom stereocenters. The van der Waals surface area contributed by atoms with Gasteiger partial charge in [0.25, 0.3) is 11.8 Å². The third kappa shape index (κ3) is 13.1. The predicted octanol–water partition coefficient (Wildman–Crippen LogP) is 1.57. The molecule has 0 aliphatic carbocycles. The Labute approximate surface area is 299 Å². The fourth-order valence-corrected chi connectivity index (χ4v) is 5.87. The molecular formula is C35H53N5O11. The number of imide groups is 2. The van der Waals surface area contributed by atoms with Crippen molar-refractivity contribution < 1.29 is 52.4 Å². The van der Waals surface area contributed by atoms with E-state index in [0.29, 0.717) is 78.3 Å². The Hall–Kier alpha value is -3.67. The van der Waals surface area contributed by atoms with E-state index in [1.807, 2.05) is 20.8 Å². The van der Waals surface area contributed by atoms with Crippen LogP contribution in [-0.4, -0.2) is 149 Å². The molecule has 3 heterocycles. The summed E-state index contributed by atoms with van der Waals surface area (Å²) in [5, 5.41) is 8.29. The normalized spacial score (nSPS) is 18.6. The number of anilines is 1. The van der Waals surface area contributed by atoms with Crippen LogP contribution in [0.1, 0.15) is 67.2 Å². The minimum atomic E-state index is -1.01. The Morgan fingerprint density at radius 2 is 1.39 bits per heavy atom. The van der Waals surface area contributed by atoms with E-state index in [0.717, 1.165) is 37.4 Å². The largest absolute Gasteiger partial charge is 0.444 e. The average Bonchev–Trinajstić information content (AvgIpc) is 3.33. The van der Waals surface area contributed by atoms with Crippen LogP contribution < -0.4 is 16.0 Å². The zero-order valence-electron chi connectivity index (χ0n) is 30.0. The molecule has 0 bridgehead atoms. The van der Waals surface area contributed by atoms with E-state index in [1.54, 1.807) is 18.2 Å². The molecule has 3 aliphatic rings. The monoisotopic (exact) mass is 719 g/mol. The summed E-state index contributed by atoms with van der Waals surface area (Å²) in [5.41, 5.74) is 0.422. The van der Waals surface area contributed by atoms with E-state index in [1.165, 1.54) is 0 Å². The summed E-state index contributed by atoms with van der Waals surface area (Å²) in [7, 11) is 0. The number of fused-ring (bicyclic) bond motifs is 1. The van der Waals surface area contributed by atoms with Crippen molar-refractivity contribution in [3.63, 3.8) is 0 Å². The molecule has 284 valence electrons. The van der Waals surface area contributed by atoms with Gasteiger partial charge in [0.1, 0.15) is 11.6 Å². The number of likely N-dealkylation sites (tertiary alicyclic amines) is 1. The first-order chi connectivity index (χ1) is 24.5. The summed E-state index contributed by atoms with van der Waals surface area (Å²) in [5.74, 6) is -2.16. The lowest BCUT2D eigenvalue weighted by molar-refractivity contribution is -0.136. The molecule has 0 spiro atoms. The van der Waals surface area contributed by atoms with Crippen LogP contribution in [0, 0.1) is 0 Å². The van der Waals surface area contributed by atoms with E-state index in [-0.39, 0.29) is 36.1 Å². The molecule has 2 fully saturated rings. The standard InChI is InChI=1S/C35H53N5O11/c1-35(2,3)51-34(45)37-25-9-12-39(13-10-25)14-16-47-18-20-49-22-24-50-23-21-48-19-17-46-15-11-36-27-6-4-5-26-30(27)33(44)40(32(26)43)28-7-8-29(41)38-31(28)42/h4-6,25,28,36H,7-24H2,1-3H3,(H,37,45)(H,38,41,42). The van der Waals surface area contributed by atoms with Gasteiger partial charge in [-0.2, -0.15) is 0 Å². The van der Waals surface area contributed by atoms with E-state index in [2.05, 4.69) is 20.9 Å². The Balaban J connectivity index is 0.923. The number of nitrogens with one attached hydrogen (secondary N) is 3. The molecule has 1 aromatic carbocycles. The SMILES string of the molecule is CC(C)(C)OC(=O)NC1CCN(CCOCCOCCOCCOCCOCCNc2cccc3c2C(=O)N(C2CCC(=O)NC2=O)C3=O)CC1. The van der Waals surface area contributed by atoms with Crippen LogP contribution in [0.25, 0.3) is 0 Å². The van der Waals surface area contributed by atoms with Crippen molar-refractivity contribution in [2.75, 3.05) is 97.6 Å². The molecular weight excluding hydrogens is 666 g/mol. The second-order valence-electron chi connectivity index (χ2n) is 13.4. The Morgan fingerprint density at radius 3 is 1.98 bits per heavy atom. The number of hydrogen-bond acceptors (Lipinski definition) is 13. The van der Waals surface area contributed by atoms with Gasteiger partial charge in [0, 0.05) is 44.3 Å². The van der Waals surface area contributed by atoms with Gasteiger partial charge in [0.05, 0.1) is 77.2 Å². The van der Waals surface area contributed by atoms with Gasteiger partial charge < -0.3 is 44.0 Å². The fraction of sp³-hybridized carbons (Fsp3) is 0.686. The summed E-state index contributed by atoms with van der Waals surface area (Å²) in [6.45, 7) is 13.2. The molecule has 2 saturated heterocycles. The van der Waals surface area contributed by atoms with Crippen LogP contribution in [0.5, 0.6) is 0 Å². The van der Waals surface area contributed by atoms with Crippen molar-refractivity contribution in [3.8, 4) is 0 Å². The summed E-state index contributed by atoms with van der Waals surface area (Å²) < 4.78 is 33.2. The van der Waals surface area contributed by atoms with Crippen LogP contribution in [0.15, 0.2) is 18.2 Å². The highest BCUT2D eigenvalue weighted by Gasteiger charge is 2.45. The molecule has 3 N–H and O–H groups in total. The average molecular weight is 720 g/mol. The van der Waals surface area contributed by atoms with Gasteiger partial charge >= 0.3 is 6.09 Å². The minimum absolute atomic E-state index is 0.0673. The first kappa shape index (κ1) is 40.1. The second-order valence-corrected chi connectivity index (χ2v) is 13.4. The zero-order chi connectivity index (χ0) is 36.6. The Kier molecular flexibility index (Phi) is 16.0. The van der Waals surface area contributed by atoms with Crippen LogP contribution in [-0.2, 0) is 38.0 Å². The van der Waals surface area contributed by atoms with Gasteiger partial charge in [-0.1, -0.05) is 6.07 Å². The van der Waals surface area contributed by atoms with E-state index >= 15 is 0 Å². The number of piperidine rings is 2. The van der Waals surface area contributed by atoms with Crippen molar-refractivity contribution in [3.05, 3.63) is 29.3 Å². The lowest BCUT2D eigenvalue weighted by Crippen LogP contribution is -2.54. The van der Waals surface area contributed by atoms with E-state index in [4.69, 9.17) is 28.4 Å². The number of rotatable bonds is 21. The maximum atomic E-state index is 13.2. The molecule has 3 aliphatic heterocycles. The Morgan fingerprint density at radius 1 is 0.804 bits per heavy atom. The summed E-state index contributed by atoms with van der Waals surface area (Å²) in [4.78, 5) is 65.1. The third-order valence-electron chi connectivity index (χ3n) is 8.38. The molecule has 0 saturated carbocycles. The molecule has 0 aromatic heterocycles. The fourth-order valence-electron chi connectivity index (χ4n) is 5.87. The molecule has 0 radical (unpaired) electrons. The first-order valence-electron chi connectivity index (χ1n) is 17.7. The number of amides is 5. The van der Waals surface area contributed by atoms with E-state index in [9.17, 15) is 24.0 Å². The smallest absolute Gasteiger partial charge is 0.407 e. The number of carbonyl (C=O) groups is 5. The van der Waals surface area contributed by atoms with Crippen LogP contribution >= 0.6 is 0 Å². The number of nitrogens with zero attached hydrogens (tertiary/aromatic N) is 2. The summed E-state index contributed by atoms with van der Waals surface area (Å²) in [6, 6.07) is 4.06. The maximum Gasteiger partial charge on any atom is 0.407 e. The number of hydrogen-bond donors (Lipinski definition) is 3. The highest BCUT2D eigenvalue weighted by atomic mass is 16.6. The van der Waals surface area contributed by atoms with Crippen LogP contribution in [0.3, 0.4) is 0 Å². The zero-order valence-corrected chi connectivity index (χ0v) is 30.0. The topological polar surface area (TPSA) is 183 Å². The quantitative estimate of drug-likeness (QED) is 0.123. The summed E-state index contributed by atoms with van der Waals surface area (Å²) in [6.07, 6.45) is 1.60. The number of benzene rings is 1. The molecule has 4 rings (SSSR count). The maximum absolute atomic E-state index is 13.2. The molecule has 1 aromatic rings. The van der Waals surface area contributed by atoms with E-state index < -0.39 is 35.3 Å². The van der Waals surface area contributed by atoms with Crippen LogP contribution in [0.4, 0.5) is 10.5 Å². The van der Waals surface area contributed by atoms with Gasteiger partial charge in [-0.25, -0.2) is 4.79 Å². The predicted molar refractivity (Wildman–Crippen MR) is 185 cm³/mol. The van der Waals surface area contributed by atoms with Gasteiger partial charge in [0.15, 0.2) is 0 Å². The van der Waals surface area contributed by atoms with Gasteiger partial charge in [0.2, 0.25) is 11.8 Å². The molecule has 1 unspecified atom stereocenters.